The molecule has 114 valence electrons. The fourth-order valence-electron chi connectivity index (χ4n) is 1.69. The van der Waals surface area contributed by atoms with Crippen molar-refractivity contribution in [1.29, 1.82) is 0 Å². The lowest BCUT2D eigenvalue weighted by molar-refractivity contribution is 0.421. The summed E-state index contributed by atoms with van der Waals surface area (Å²) in [5.74, 6) is 0.971. The lowest BCUT2D eigenvalue weighted by Crippen LogP contribution is -2.05. The van der Waals surface area contributed by atoms with Crippen molar-refractivity contribution < 1.29 is 17.4 Å². The van der Waals surface area contributed by atoms with E-state index in [1.54, 1.807) is 6.92 Å². The zero-order valence-corrected chi connectivity index (χ0v) is 13.3. The van der Waals surface area contributed by atoms with Crippen LogP contribution in [0.15, 0.2) is 10.5 Å². The van der Waals surface area contributed by atoms with Crippen molar-refractivity contribution in [2.45, 2.75) is 47.0 Å². The first-order chi connectivity index (χ1) is 9.07. The van der Waals surface area contributed by atoms with Crippen LogP contribution in [0.5, 0.6) is 0 Å². The van der Waals surface area contributed by atoms with Crippen molar-refractivity contribution in [3.63, 3.8) is 0 Å². The van der Waals surface area contributed by atoms with Crippen LogP contribution in [-0.2, 0) is 16.5 Å². The second kappa shape index (κ2) is 6.54. The molecule has 0 aliphatic rings. The van der Waals surface area contributed by atoms with E-state index in [1.807, 2.05) is 12.2 Å². The average molecular weight is 301 g/mol. The molecule has 1 heterocycles. The highest BCUT2D eigenvalue weighted by Crippen LogP contribution is 2.20. The summed E-state index contributed by atoms with van der Waals surface area (Å²) in [6.07, 6.45) is 5.59. The Morgan fingerprint density at radius 1 is 1.35 bits per heavy atom. The van der Waals surface area contributed by atoms with E-state index < -0.39 is 10.1 Å². The van der Waals surface area contributed by atoms with Crippen molar-refractivity contribution in [3.8, 4) is 0 Å². The third-order valence-corrected chi connectivity index (χ3v) is 3.52. The zero-order chi connectivity index (χ0) is 15.4. The Kier molecular flexibility index (Phi) is 5.53. The highest BCUT2D eigenvalue weighted by molar-refractivity contribution is 7.85. The van der Waals surface area contributed by atoms with Crippen LogP contribution >= 0.6 is 0 Å². The van der Waals surface area contributed by atoms with Crippen molar-refractivity contribution in [2.75, 3.05) is 5.75 Å². The monoisotopic (exact) mass is 301 g/mol. The maximum atomic E-state index is 10.6. The Morgan fingerprint density at radius 2 is 2.00 bits per heavy atom. The summed E-state index contributed by atoms with van der Waals surface area (Å²) in [5.41, 5.74) is 0.959. The lowest BCUT2D eigenvalue weighted by Gasteiger charge is -2.13. The molecule has 1 N–H and O–H groups in total. The van der Waals surface area contributed by atoms with E-state index in [1.165, 1.54) is 0 Å². The largest absolute Gasteiger partial charge is 0.442 e. The number of rotatable bonds is 6. The first-order valence-electron chi connectivity index (χ1n) is 6.65. The van der Waals surface area contributed by atoms with Gasteiger partial charge in [0.1, 0.15) is 5.76 Å². The average Bonchev–Trinajstić information content (AvgIpc) is 2.56. The topological polar surface area (TPSA) is 80.4 Å². The summed E-state index contributed by atoms with van der Waals surface area (Å²) in [6, 6.07) is 0. The van der Waals surface area contributed by atoms with Crippen molar-refractivity contribution >= 4 is 16.2 Å². The fraction of sp³-hybridized carbons (Fsp3) is 0.643. The Hall–Kier alpha value is -1.14. The normalized spacial score (nSPS) is 13.2. The molecule has 1 aromatic rings. The number of aryl methyl sites for hydroxylation is 2. The fourth-order valence-corrected chi connectivity index (χ4v) is 2.20. The van der Waals surface area contributed by atoms with E-state index in [0.29, 0.717) is 24.5 Å². The number of nitrogens with zero attached hydrogens (tertiary/aromatic N) is 1. The second-order valence-electron chi connectivity index (χ2n) is 6.11. The van der Waals surface area contributed by atoms with E-state index in [4.69, 9.17) is 8.97 Å². The van der Waals surface area contributed by atoms with E-state index in [2.05, 4.69) is 25.8 Å². The van der Waals surface area contributed by atoms with Gasteiger partial charge in [0.15, 0.2) is 0 Å². The van der Waals surface area contributed by atoms with Crippen LogP contribution in [0.3, 0.4) is 0 Å². The van der Waals surface area contributed by atoms with Gasteiger partial charge in [-0.05, 0) is 37.7 Å². The summed E-state index contributed by atoms with van der Waals surface area (Å²) in [4.78, 5) is 4.32. The summed E-state index contributed by atoms with van der Waals surface area (Å²) in [5, 5.41) is 0. The minimum absolute atomic E-state index is 0.219. The van der Waals surface area contributed by atoms with Gasteiger partial charge in [-0.15, -0.1) is 0 Å². The van der Waals surface area contributed by atoms with Crippen LogP contribution in [0, 0.1) is 12.3 Å². The van der Waals surface area contributed by atoms with E-state index in [0.717, 1.165) is 12.1 Å². The Balaban J connectivity index is 2.59. The van der Waals surface area contributed by atoms with Crippen molar-refractivity contribution in [3.05, 3.63) is 23.4 Å². The molecule has 0 amide bonds. The van der Waals surface area contributed by atoms with Crippen LogP contribution in [0.2, 0.25) is 0 Å². The molecule has 0 aliphatic heterocycles. The number of allylic oxidation sites excluding steroid dienone is 1. The maximum Gasteiger partial charge on any atom is 0.264 e. The molecule has 0 radical (unpaired) electrons. The molecule has 20 heavy (non-hydrogen) atoms. The first-order valence-corrected chi connectivity index (χ1v) is 8.26. The molecule has 1 rings (SSSR count). The summed E-state index contributed by atoms with van der Waals surface area (Å²) >= 11 is 0. The molecule has 0 fully saturated rings. The van der Waals surface area contributed by atoms with E-state index in [9.17, 15) is 8.42 Å². The van der Waals surface area contributed by atoms with Crippen LogP contribution < -0.4 is 0 Å². The number of aromatic nitrogens is 1. The first kappa shape index (κ1) is 16.9. The van der Waals surface area contributed by atoms with Gasteiger partial charge in [-0.25, -0.2) is 4.98 Å². The van der Waals surface area contributed by atoms with Crippen molar-refractivity contribution in [2.24, 2.45) is 5.41 Å². The molecule has 0 saturated carbocycles. The van der Waals surface area contributed by atoms with Crippen LogP contribution in [0.1, 0.15) is 51.0 Å². The third kappa shape index (κ3) is 6.86. The quantitative estimate of drug-likeness (QED) is 0.816. The van der Waals surface area contributed by atoms with Crippen LogP contribution in [-0.4, -0.2) is 23.7 Å². The molecule has 0 aliphatic carbocycles. The van der Waals surface area contributed by atoms with Gasteiger partial charge >= 0.3 is 0 Å². The predicted molar refractivity (Wildman–Crippen MR) is 79.1 cm³/mol. The molecule has 5 nitrogen and oxygen atoms in total. The van der Waals surface area contributed by atoms with Gasteiger partial charge in [0, 0.05) is 0 Å². The molecule has 0 saturated heterocycles. The third-order valence-electron chi connectivity index (χ3n) is 2.72. The second-order valence-corrected chi connectivity index (χ2v) is 7.68. The molecule has 1 aromatic heterocycles. The molecular weight excluding hydrogens is 278 g/mol. The Morgan fingerprint density at radius 3 is 2.55 bits per heavy atom. The van der Waals surface area contributed by atoms with Crippen LogP contribution in [0.25, 0.3) is 6.08 Å². The van der Waals surface area contributed by atoms with Crippen molar-refractivity contribution in [1.82, 2.24) is 4.98 Å². The van der Waals surface area contributed by atoms with Gasteiger partial charge in [-0.2, -0.15) is 8.42 Å². The molecule has 0 spiro atoms. The van der Waals surface area contributed by atoms with E-state index in [-0.39, 0.29) is 11.2 Å². The molecule has 0 aromatic carbocycles. The minimum atomic E-state index is -3.90. The number of oxazole rings is 1. The number of hydrogen-bond donors (Lipinski definition) is 1. The highest BCUT2D eigenvalue weighted by Gasteiger charge is 2.11. The molecule has 0 bridgehead atoms. The Bertz CT molecular complexity index is 564. The number of hydrogen-bond acceptors (Lipinski definition) is 4. The maximum absolute atomic E-state index is 10.6. The van der Waals surface area contributed by atoms with Gasteiger partial charge in [-0.3, -0.25) is 4.55 Å². The SMILES string of the molecule is Cc1oc(/C=C/CC(C)(C)C)nc1CCCS(=O)(=O)O. The highest BCUT2D eigenvalue weighted by atomic mass is 32.2. The van der Waals surface area contributed by atoms with Crippen LogP contribution in [0.4, 0.5) is 0 Å². The Labute approximate surface area is 120 Å². The smallest absolute Gasteiger partial charge is 0.264 e. The van der Waals surface area contributed by atoms with Gasteiger partial charge in [-0.1, -0.05) is 26.8 Å². The standard InChI is InChI=1S/C14H23NO4S/c1-11-12(7-6-10-20(16,17)18)15-13(19-11)8-5-9-14(2,3)4/h5,8H,6-7,9-10H2,1-4H3,(H,16,17,18)/b8-5+. The minimum Gasteiger partial charge on any atom is -0.442 e. The predicted octanol–water partition coefficient (Wildman–Crippen LogP) is 3.25. The van der Waals surface area contributed by atoms with Gasteiger partial charge < -0.3 is 4.42 Å². The zero-order valence-electron chi connectivity index (χ0n) is 12.5. The molecule has 0 atom stereocenters. The summed E-state index contributed by atoms with van der Waals surface area (Å²) in [7, 11) is -3.90. The lowest BCUT2D eigenvalue weighted by atomic mass is 9.92. The van der Waals surface area contributed by atoms with E-state index >= 15 is 0 Å². The van der Waals surface area contributed by atoms with Gasteiger partial charge in [0.05, 0.1) is 11.4 Å². The summed E-state index contributed by atoms with van der Waals surface area (Å²) < 4.78 is 35.5. The molecule has 6 heteroatoms. The van der Waals surface area contributed by atoms with Gasteiger partial charge in [0.2, 0.25) is 5.89 Å². The summed E-state index contributed by atoms with van der Waals surface area (Å²) in [6.45, 7) is 8.26. The molecule has 0 unspecified atom stereocenters. The molecular formula is C14H23NO4S. The van der Waals surface area contributed by atoms with Gasteiger partial charge in [0.25, 0.3) is 10.1 Å².